The summed E-state index contributed by atoms with van der Waals surface area (Å²) in [5.41, 5.74) is 13.7. The Labute approximate surface area is 302 Å². The first kappa shape index (κ1) is 29.9. The van der Waals surface area contributed by atoms with Gasteiger partial charge < -0.3 is 4.90 Å². The summed E-state index contributed by atoms with van der Waals surface area (Å²) in [6.07, 6.45) is 0. The summed E-state index contributed by atoms with van der Waals surface area (Å²) < 4.78 is 2.65. The highest BCUT2D eigenvalue weighted by molar-refractivity contribution is 7.25. The number of anilines is 3. The molecule has 0 radical (unpaired) electrons. The van der Waals surface area contributed by atoms with Crippen molar-refractivity contribution in [3.63, 3.8) is 0 Å². The van der Waals surface area contributed by atoms with Crippen molar-refractivity contribution in [2.45, 2.75) is 19.3 Å². The van der Waals surface area contributed by atoms with Crippen LogP contribution in [0.5, 0.6) is 0 Å². The zero-order valence-corrected chi connectivity index (χ0v) is 29.4. The van der Waals surface area contributed by atoms with Crippen LogP contribution in [-0.4, -0.2) is 0 Å². The summed E-state index contributed by atoms with van der Waals surface area (Å²) in [5, 5.41) is 5.24. The third kappa shape index (κ3) is 4.67. The number of thiophene rings is 1. The average Bonchev–Trinajstić information content (AvgIpc) is 3.68. The Hall–Kier alpha value is -5.96. The van der Waals surface area contributed by atoms with Gasteiger partial charge in [0.05, 0.1) is 5.69 Å². The quantitative estimate of drug-likeness (QED) is 0.176. The van der Waals surface area contributed by atoms with E-state index in [1.807, 2.05) is 11.3 Å². The van der Waals surface area contributed by atoms with E-state index in [1.54, 1.807) is 0 Å². The standard InChI is InChI=1S/C49H35NS/c1-49(2)42-20-10-8-17-40(42)47-43(31-35-15-6-7-16-39(35)48(47)49)50(36-27-23-33(24-28-36)32-13-4-3-5-14-32)37-29-25-34(26-30-37)38-19-12-22-45-46(38)41-18-9-11-21-44(41)51-45/h3-31H,1-2H3. The van der Waals surface area contributed by atoms with Gasteiger partial charge in [0, 0.05) is 42.5 Å². The second kappa shape index (κ2) is 11.6. The van der Waals surface area contributed by atoms with Crippen LogP contribution >= 0.6 is 11.3 Å². The Morgan fingerprint density at radius 2 is 1.06 bits per heavy atom. The van der Waals surface area contributed by atoms with Crippen LogP contribution in [0.3, 0.4) is 0 Å². The smallest absolute Gasteiger partial charge is 0.0549 e. The summed E-state index contributed by atoms with van der Waals surface area (Å²) in [7, 11) is 0. The van der Waals surface area contributed by atoms with Gasteiger partial charge in [-0.05, 0) is 92.2 Å². The molecule has 0 saturated heterocycles. The first-order valence-corrected chi connectivity index (χ1v) is 18.5. The van der Waals surface area contributed by atoms with Crippen molar-refractivity contribution >= 4 is 59.3 Å². The highest BCUT2D eigenvalue weighted by Crippen LogP contribution is 2.56. The zero-order chi connectivity index (χ0) is 34.1. The van der Waals surface area contributed by atoms with E-state index in [2.05, 4.69) is 195 Å². The SMILES string of the molecule is CC1(C)c2ccccc2-c2c(N(c3ccc(-c4ccccc4)cc3)c3ccc(-c4cccc5sc6ccccc6c45)cc3)cc3ccccc3c21. The van der Waals surface area contributed by atoms with Crippen LogP contribution < -0.4 is 4.90 Å². The molecule has 0 spiro atoms. The summed E-state index contributed by atoms with van der Waals surface area (Å²) in [6, 6.07) is 64.7. The predicted octanol–water partition coefficient (Wildman–Crippen LogP) is 14.3. The molecule has 0 N–H and O–H groups in total. The first-order valence-electron chi connectivity index (χ1n) is 17.7. The Morgan fingerprint density at radius 3 is 1.84 bits per heavy atom. The van der Waals surface area contributed by atoms with Crippen LogP contribution in [0.4, 0.5) is 17.1 Å². The molecule has 2 heteroatoms. The van der Waals surface area contributed by atoms with Crippen molar-refractivity contribution in [2.75, 3.05) is 4.90 Å². The zero-order valence-electron chi connectivity index (χ0n) is 28.6. The van der Waals surface area contributed by atoms with Gasteiger partial charge in [-0.1, -0.05) is 147 Å². The predicted molar refractivity (Wildman–Crippen MR) is 220 cm³/mol. The number of nitrogens with zero attached hydrogens (tertiary/aromatic N) is 1. The molecule has 1 nitrogen and oxygen atoms in total. The lowest BCUT2D eigenvalue weighted by Crippen LogP contribution is -2.16. The minimum absolute atomic E-state index is 0.143. The average molecular weight is 670 g/mol. The third-order valence-corrected chi connectivity index (χ3v) is 12.0. The maximum absolute atomic E-state index is 2.47. The molecule has 51 heavy (non-hydrogen) atoms. The molecule has 1 aliphatic rings. The van der Waals surface area contributed by atoms with Crippen molar-refractivity contribution in [1.82, 2.24) is 0 Å². The molecule has 8 aromatic carbocycles. The van der Waals surface area contributed by atoms with E-state index in [1.165, 1.54) is 81.1 Å². The normalized spacial score (nSPS) is 13.1. The minimum atomic E-state index is -0.143. The molecule has 0 atom stereocenters. The van der Waals surface area contributed by atoms with Crippen LogP contribution in [0.15, 0.2) is 176 Å². The lowest BCUT2D eigenvalue weighted by atomic mass is 9.80. The Kier molecular flexibility index (Phi) is 6.78. The van der Waals surface area contributed by atoms with E-state index >= 15 is 0 Å². The molecule has 0 bridgehead atoms. The number of hydrogen-bond acceptors (Lipinski definition) is 2. The number of fused-ring (bicyclic) bond motifs is 8. The van der Waals surface area contributed by atoms with Gasteiger partial charge in [-0.2, -0.15) is 0 Å². The van der Waals surface area contributed by atoms with Crippen molar-refractivity contribution in [1.29, 1.82) is 0 Å². The van der Waals surface area contributed by atoms with Crippen molar-refractivity contribution in [3.8, 4) is 33.4 Å². The van der Waals surface area contributed by atoms with Gasteiger partial charge in [0.1, 0.15) is 0 Å². The molecule has 0 amide bonds. The summed E-state index contributed by atoms with van der Waals surface area (Å²) in [5.74, 6) is 0. The van der Waals surface area contributed by atoms with Gasteiger partial charge in [-0.15, -0.1) is 11.3 Å². The second-order valence-electron chi connectivity index (χ2n) is 14.1. The topological polar surface area (TPSA) is 3.24 Å². The van der Waals surface area contributed by atoms with E-state index in [-0.39, 0.29) is 5.41 Å². The van der Waals surface area contributed by atoms with Crippen LogP contribution in [-0.2, 0) is 5.41 Å². The molecular formula is C49H35NS. The highest BCUT2D eigenvalue weighted by atomic mass is 32.1. The molecule has 0 aliphatic heterocycles. The second-order valence-corrected chi connectivity index (χ2v) is 15.2. The molecule has 9 aromatic rings. The van der Waals surface area contributed by atoms with Crippen molar-refractivity contribution in [2.24, 2.45) is 0 Å². The van der Waals surface area contributed by atoms with Crippen LogP contribution in [0.2, 0.25) is 0 Å². The van der Waals surface area contributed by atoms with Gasteiger partial charge in [-0.25, -0.2) is 0 Å². The fourth-order valence-corrected chi connectivity index (χ4v) is 9.61. The van der Waals surface area contributed by atoms with Gasteiger partial charge in [-0.3, -0.25) is 0 Å². The van der Waals surface area contributed by atoms with E-state index in [0.29, 0.717) is 0 Å². The third-order valence-electron chi connectivity index (χ3n) is 10.8. The Morgan fingerprint density at radius 1 is 0.471 bits per heavy atom. The maximum Gasteiger partial charge on any atom is 0.0549 e. The molecular weight excluding hydrogens is 635 g/mol. The monoisotopic (exact) mass is 669 g/mol. The molecule has 1 aromatic heterocycles. The van der Waals surface area contributed by atoms with Gasteiger partial charge >= 0.3 is 0 Å². The number of rotatable bonds is 5. The lowest BCUT2D eigenvalue weighted by Gasteiger charge is -2.30. The van der Waals surface area contributed by atoms with Gasteiger partial charge in [0.25, 0.3) is 0 Å². The molecule has 0 unspecified atom stereocenters. The first-order chi connectivity index (χ1) is 25.1. The largest absolute Gasteiger partial charge is 0.310 e. The maximum atomic E-state index is 2.47. The highest BCUT2D eigenvalue weighted by Gasteiger charge is 2.39. The Bertz CT molecular complexity index is 2750. The molecule has 1 heterocycles. The van der Waals surface area contributed by atoms with Crippen LogP contribution in [0.25, 0.3) is 64.3 Å². The van der Waals surface area contributed by atoms with Gasteiger partial charge in [0.2, 0.25) is 0 Å². The minimum Gasteiger partial charge on any atom is -0.310 e. The number of hydrogen-bond donors (Lipinski definition) is 0. The van der Waals surface area contributed by atoms with Crippen molar-refractivity contribution in [3.05, 3.63) is 187 Å². The van der Waals surface area contributed by atoms with E-state index in [4.69, 9.17) is 0 Å². The molecule has 0 saturated carbocycles. The fraction of sp³-hybridized carbons (Fsp3) is 0.0612. The molecule has 0 fully saturated rings. The fourth-order valence-electron chi connectivity index (χ4n) is 8.48. The van der Waals surface area contributed by atoms with E-state index in [9.17, 15) is 0 Å². The lowest BCUT2D eigenvalue weighted by molar-refractivity contribution is 0.666. The van der Waals surface area contributed by atoms with Crippen LogP contribution in [0, 0.1) is 0 Å². The van der Waals surface area contributed by atoms with E-state index < -0.39 is 0 Å². The molecule has 242 valence electrons. The summed E-state index contributed by atoms with van der Waals surface area (Å²) >= 11 is 1.87. The molecule has 1 aliphatic carbocycles. The summed E-state index contributed by atoms with van der Waals surface area (Å²) in [4.78, 5) is 2.47. The van der Waals surface area contributed by atoms with Crippen molar-refractivity contribution < 1.29 is 0 Å². The van der Waals surface area contributed by atoms with Crippen LogP contribution in [0.1, 0.15) is 25.0 Å². The van der Waals surface area contributed by atoms with E-state index in [0.717, 1.165) is 11.4 Å². The van der Waals surface area contributed by atoms with Gasteiger partial charge in [0.15, 0.2) is 0 Å². The molecule has 10 rings (SSSR count). The summed E-state index contributed by atoms with van der Waals surface area (Å²) in [6.45, 7) is 4.77. The number of benzene rings is 8. The Balaban J connectivity index is 1.20.